The zero-order valence-corrected chi connectivity index (χ0v) is 16.0. The van der Waals surface area contributed by atoms with Gasteiger partial charge < -0.3 is 14.8 Å². The number of carbonyl (C=O) groups is 1. The average molecular weight is 418 g/mol. The average Bonchev–Trinajstić information content (AvgIpc) is 3.23. The van der Waals surface area contributed by atoms with E-state index < -0.39 is 21.9 Å². The molecule has 7 nitrogen and oxygen atoms in total. The van der Waals surface area contributed by atoms with Gasteiger partial charge >= 0.3 is 0 Å². The molecular formula is C20H19FN2O5S. The molecule has 152 valence electrons. The molecule has 1 unspecified atom stereocenters. The smallest absolute Gasteiger partial charge is 0.261 e. The zero-order valence-electron chi connectivity index (χ0n) is 15.2. The van der Waals surface area contributed by atoms with Crippen LogP contribution >= 0.6 is 0 Å². The molecule has 3 N–H and O–H groups in total. The molecule has 0 fully saturated rings. The van der Waals surface area contributed by atoms with Gasteiger partial charge in [-0.2, -0.15) is 0 Å². The summed E-state index contributed by atoms with van der Waals surface area (Å²) in [7, 11) is -3.84. The van der Waals surface area contributed by atoms with Crippen LogP contribution in [0.25, 0.3) is 0 Å². The minimum atomic E-state index is -3.84. The van der Waals surface area contributed by atoms with E-state index in [0.717, 1.165) is 12.1 Å². The molecule has 0 aliphatic heterocycles. The SMILES string of the molecule is O=C(Cc1ccc(NS(=O)(=O)c2ccc(F)cc2)cc1)NCC(O)c1ccco1. The van der Waals surface area contributed by atoms with Crippen LogP contribution in [0.2, 0.25) is 0 Å². The van der Waals surface area contributed by atoms with E-state index >= 15 is 0 Å². The molecule has 0 spiro atoms. The van der Waals surface area contributed by atoms with Gasteiger partial charge in [-0.25, -0.2) is 12.8 Å². The first-order chi connectivity index (χ1) is 13.8. The topological polar surface area (TPSA) is 109 Å². The van der Waals surface area contributed by atoms with Gasteiger partial charge in [0.25, 0.3) is 10.0 Å². The van der Waals surface area contributed by atoms with Crippen LogP contribution in [-0.2, 0) is 21.2 Å². The van der Waals surface area contributed by atoms with Gasteiger partial charge in [0.2, 0.25) is 5.91 Å². The predicted octanol–water partition coefficient (Wildman–Crippen LogP) is 2.61. The molecule has 1 amide bonds. The number of nitrogens with one attached hydrogen (secondary N) is 2. The normalized spacial score (nSPS) is 12.3. The van der Waals surface area contributed by atoms with Gasteiger partial charge in [0.15, 0.2) is 0 Å². The number of amides is 1. The summed E-state index contributed by atoms with van der Waals surface area (Å²) in [6.07, 6.45) is 0.569. The number of anilines is 1. The molecule has 0 saturated carbocycles. The van der Waals surface area contributed by atoms with Crippen LogP contribution in [-0.4, -0.2) is 26.0 Å². The molecule has 0 aliphatic carbocycles. The summed E-state index contributed by atoms with van der Waals surface area (Å²) in [4.78, 5) is 12.0. The molecule has 2 aromatic carbocycles. The maximum absolute atomic E-state index is 13.0. The second-order valence-electron chi connectivity index (χ2n) is 6.27. The van der Waals surface area contributed by atoms with Gasteiger partial charge in [-0.3, -0.25) is 9.52 Å². The van der Waals surface area contributed by atoms with Gasteiger partial charge in [-0.05, 0) is 54.1 Å². The highest BCUT2D eigenvalue weighted by Gasteiger charge is 2.15. The number of sulfonamides is 1. The summed E-state index contributed by atoms with van der Waals surface area (Å²) in [5, 5.41) is 12.5. The van der Waals surface area contributed by atoms with E-state index in [4.69, 9.17) is 4.42 Å². The number of rotatable bonds is 8. The third-order valence-corrected chi connectivity index (χ3v) is 5.46. The summed E-state index contributed by atoms with van der Waals surface area (Å²) in [6.45, 7) is 0.0158. The molecule has 0 aliphatic rings. The molecule has 0 bridgehead atoms. The lowest BCUT2D eigenvalue weighted by atomic mass is 10.1. The first-order valence-corrected chi connectivity index (χ1v) is 10.2. The molecule has 1 aromatic heterocycles. The fourth-order valence-corrected chi connectivity index (χ4v) is 3.62. The molecule has 3 rings (SSSR count). The third-order valence-electron chi connectivity index (χ3n) is 4.06. The van der Waals surface area contributed by atoms with Crippen molar-refractivity contribution in [3.05, 3.63) is 84.1 Å². The zero-order chi connectivity index (χ0) is 20.9. The van der Waals surface area contributed by atoms with E-state index in [-0.39, 0.29) is 23.8 Å². The predicted molar refractivity (Wildman–Crippen MR) is 104 cm³/mol. The van der Waals surface area contributed by atoms with Crippen LogP contribution in [0.1, 0.15) is 17.4 Å². The van der Waals surface area contributed by atoms with Crippen molar-refractivity contribution >= 4 is 21.6 Å². The quantitative estimate of drug-likeness (QED) is 0.521. The first kappa shape index (κ1) is 20.6. The summed E-state index contributed by atoms with van der Waals surface area (Å²) in [5.41, 5.74) is 0.978. The Kier molecular flexibility index (Phi) is 6.30. The van der Waals surface area contributed by atoms with E-state index in [1.54, 1.807) is 24.3 Å². The number of benzene rings is 2. The van der Waals surface area contributed by atoms with Crippen molar-refractivity contribution in [1.29, 1.82) is 0 Å². The lowest BCUT2D eigenvalue weighted by molar-refractivity contribution is -0.120. The van der Waals surface area contributed by atoms with Crippen molar-refractivity contribution < 1.29 is 27.1 Å². The highest BCUT2D eigenvalue weighted by molar-refractivity contribution is 7.92. The van der Waals surface area contributed by atoms with Crippen LogP contribution in [0.4, 0.5) is 10.1 Å². The van der Waals surface area contributed by atoms with Crippen molar-refractivity contribution in [3.8, 4) is 0 Å². The van der Waals surface area contributed by atoms with Crippen LogP contribution in [0.5, 0.6) is 0 Å². The van der Waals surface area contributed by atoms with Gasteiger partial charge in [0.1, 0.15) is 17.7 Å². The van der Waals surface area contributed by atoms with E-state index in [9.17, 15) is 22.7 Å². The van der Waals surface area contributed by atoms with Gasteiger partial charge in [-0.1, -0.05) is 12.1 Å². The van der Waals surface area contributed by atoms with Crippen LogP contribution in [0.15, 0.2) is 76.2 Å². The Bertz CT molecular complexity index is 1050. The fraction of sp³-hybridized carbons (Fsp3) is 0.150. The van der Waals surface area contributed by atoms with Crippen LogP contribution in [0, 0.1) is 5.82 Å². The number of furan rings is 1. The Morgan fingerprint density at radius 1 is 1.07 bits per heavy atom. The Balaban J connectivity index is 1.54. The molecule has 29 heavy (non-hydrogen) atoms. The van der Waals surface area contributed by atoms with Crippen molar-refractivity contribution in [1.82, 2.24) is 5.32 Å². The molecule has 3 aromatic rings. The van der Waals surface area contributed by atoms with Crippen molar-refractivity contribution in [2.45, 2.75) is 17.4 Å². The van der Waals surface area contributed by atoms with Crippen LogP contribution < -0.4 is 10.0 Å². The summed E-state index contributed by atoms with van der Waals surface area (Å²) >= 11 is 0. The molecule has 1 heterocycles. The first-order valence-electron chi connectivity index (χ1n) is 8.69. The van der Waals surface area contributed by atoms with E-state index in [2.05, 4.69) is 10.0 Å². The number of halogens is 1. The summed E-state index contributed by atoms with van der Waals surface area (Å²) in [5.74, 6) is -0.457. The molecule has 9 heteroatoms. The summed E-state index contributed by atoms with van der Waals surface area (Å²) < 4.78 is 45.0. The van der Waals surface area contributed by atoms with Crippen molar-refractivity contribution in [2.75, 3.05) is 11.3 Å². The maximum atomic E-state index is 13.0. The number of carbonyl (C=O) groups excluding carboxylic acids is 1. The number of hydrogen-bond donors (Lipinski definition) is 3. The van der Waals surface area contributed by atoms with E-state index in [1.165, 1.54) is 30.5 Å². The number of aliphatic hydroxyl groups excluding tert-OH is 1. The standard InChI is InChI=1S/C20H19FN2O5S/c21-15-5-9-17(10-6-15)29(26,27)23-16-7-3-14(4-8-16)12-20(25)22-13-18(24)19-2-1-11-28-19/h1-11,18,23-24H,12-13H2,(H,22,25). The highest BCUT2D eigenvalue weighted by atomic mass is 32.2. The Morgan fingerprint density at radius 2 is 1.76 bits per heavy atom. The lowest BCUT2D eigenvalue weighted by Crippen LogP contribution is -2.29. The molecule has 1 atom stereocenters. The largest absolute Gasteiger partial charge is 0.467 e. The second-order valence-corrected chi connectivity index (χ2v) is 7.95. The van der Waals surface area contributed by atoms with Crippen molar-refractivity contribution in [2.24, 2.45) is 0 Å². The number of aliphatic hydroxyl groups is 1. The lowest BCUT2D eigenvalue weighted by Gasteiger charge is -2.11. The minimum Gasteiger partial charge on any atom is -0.467 e. The highest BCUT2D eigenvalue weighted by Crippen LogP contribution is 2.17. The summed E-state index contributed by atoms with van der Waals surface area (Å²) in [6, 6.07) is 14.0. The number of hydrogen-bond acceptors (Lipinski definition) is 5. The van der Waals surface area contributed by atoms with Gasteiger partial charge in [0, 0.05) is 5.69 Å². The Morgan fingerprint density at radius 3 is 2.38 bits per heavy atom. The fourth-order valence-electron chi connectivity index (χ4n) is 2.56. The van der Waals surface area contributed by atoms with Gasteiger partial charge in [-0.15, -0.1) is 0 Å². The van der Waals surface area contributed by atoms with Crippen LogP contribution in [0.3, 0.4) is 0 Å². The monoisotopic (exact) mass is 418 g/mol. The third kappa shape index (κ3) is 5.66. The Labute approximate surface area is 167 Å². The molecule has 0 radical (unpaired) electrons. The minimum absolute atomic E-state index is 0.0158. The molecule has 0 saturated heterocycles. The Hall–Kier alpha value is -3.17. The van der Waals surface area contributed by atoms with Crippen molar-refractivity contribution in [3.63, 3.8) is 0 Å². The van der Waals surface area contributed by atoms with Gasteiger partial charge in [0.05, 0.1) is 24.1 Å². The van der Waals surface area contributed by atoms with E-state index in [0.29, 0.717) is 17.0 Å². The second kappa shape index (κ2) is 8.89. The molecular weight excluding hydrogens is 399 g/mol. The van der Waals surface area contributed by atoms with E-state index in [1.807, 2.05) is 0 Å². The maximum Gasteiger partial charge on any atom is 0.261 e.